The summed E-state index contributed by atoms with van der Waals surface area (Å²) in [5.74, 6) is -1.29. The molecule has 7 heteroatoms. The molecule has 98 valence electrons. The van der Waals surface area contributed by atoms with E-state index in [9.17, 15) is 9.59 Å². The zero-order chi connectivity index (χ0) is 13.9. The summed E-state index contributed by atoms with van der Waals surface area (Å²) in [6.07, 6.45) is 1.20. The Morgan fingerprint density at radius 1 is 1.44 bits per heavy atom. The first kappa shape index (κ1) is 13.9. The number of hydrogen-bond donors (Lipinski definition) is 3. The predicted octanol–water partition coefficient (Wildman–Crippen LogP) is 0.405. The second-order valence-corrected chi connectivity index (χ2v) is 4.25. The number of anilines is 1. The molecule has 18 heavy (non-hydrogen) atoms. The van der Waals surface area contributed by atoms with E-state index in [1.165, 1.54) is 6.20 Å². The van der Waals surface area contributed by atoms with Crippen LogP contribution in [0.4, 0.5) is 5.82 Å². The largest absolute Gasteiger partial charge is 0.477 e. The molecule has 0 aliphatic rings. The van der Waals surface area contributed by atoms with E-state index in [2.05, 4.69) is 15.3 Å². The molecule has 0 bridgehead atoms. The number of primary amides is 1. The second-order valence-electron chi connectivity index (χ2n) is 4.25. The summed E-state index contributed by atoms with van der Waals surface area (Å²) < 4.78 is 0. The molecule has 1 aromatic rings. The van der Waals surface area contributed by atoms with Crippen LogP contribution < -0.4 is 11.1 Å². The van der Waals surface area contributed by atoms with Crippen molar-refractivity contribution < 1.29 is 14.7 Å². The molecule has 4 N–H and O–H groups in total. The molecule has 7 nitrogen and oxygen atoms in total. The Morgan fingerprint density at radius 3 is 2.50 bits per heavy atom. The number of carboxylic acids is 1. The van der Waals surface area contributed by atoms with Crippen molar-refractivity contribution in [2.45, 2.75) is 26.8 Å². The number of aromatic nitrogens is 2. The van der Waals surface area contributed by atoms with Crippen molar-refractivity contribution in [1.29, 1.82) is 0 Å². The third-order valence-corrected chi connectivity index (χ3v) is 2.41. The van der Waals surface area contributed by atoms with E-state index in [1.54, 1.807) is 20.8 Å². The van der Waals surface area contributed by atoms with Gasteiger partial charge in [0.2, 0.25) is 5.91 Å². The van der Waals surface area contributed by atoms with Gasteiger partial charge in [-0.25, -0.2) is 14.8 Å². The van der Waals surface area contributed by atoms with E-state index in [-0.39, 0.29) is 17.3 Å². The number of carboxylic acid groups (broad SMARTS) is 1. The number of aromatic carboxylic acids is 1. The van der Waals surface area contributed by atoms with Crippen LogP contribution in [-0.2, 0) is 4.79 Å². The van der Waals surface area contributed by atoms with Crippen LogP contribution in [0.3, 0.4) is 0 Å². The van der Waals surface area contributed by atoms with Crippen molar-refractivity contribution in [2.75, 3.05) is 5.32 Å². The quantitative estimate of drug-likeness (QED) is 0.698. The van der Waals surface area contributed by atoms with Crippen LogP contribution in [-0.4, -0.2) is 33.0 Å². The zero-order valence-electron chi connectivity index (χ0n) is 10.5. The average molecular weight is 252 g/mol. The van der Waals surface area contributed by atoms with Gasteiger partial charge < -0.3 is 16.2 Å². The topological polar surface area (TPSA) is 118 Å². The normalized spacial score (nSPS) is 12.2. The lowest BCUT2D eigenvalue weighted by Crippen LogP contribution is -2.40. The maximum Gasteiger partial charge on any atom is 0.341 e. The molecule has 1 rings (SSSR count). The van der Waals surface area contributed by atoms with Gasteiger partial charge in [-0.05, 0) is 12.8 Å². The fourth-order valence-corrected chi connectivity index (χ4v) is 1.45. The van der Waals surface area contributed by atoms with Crippen LogP contribution in [0.15, 0.2) is 6.20 Å². The van der Waals surface area contributed by atoms with E-state index < -0.39 is 17.9 Å². The molecule has 1 heterocycles. The van der Waals surface area contributed by atoms with Gasteiger partial charge in [0.25, 0.3) is 0 Å². The van der Waals surface area contributed by atoms with E-state index >= 15 is 0 Å². The van der Waals surface area contributed by atoms with Gasteiger partial charge in [0.15, 0.2) is 0 Å². The molecule has 0 spiro atoms. The van der Waals surface area contributed by atoms with Gasteiger partial charge in [-0.1, -0.05) is 13.8 Å². The Labute approximate surface area is 104 Å². The molecular formula is C11H16N4O3. The van der Waals surface area contributed by atoms with E-state index in [0.717, 1.165) is 0 Å². The van der Waals surface area contributed by atoms with Crippen LogP contribution in [0.25, 0.3) is 0 Å². The van der Waals surface area contributed by atoms with Crippen molar-refractivity contribution in [3.05, 3.63) is 17.6 Å². The molecule has 0 aliphatic carbocycles. The number of nitrogens with zero attached hydrogens (tertiary/aromatic N) is 2. The van der Waals surface area contributed by atoms with Gasteiger partial charge in [0.1, 0.15) is 23.2 Å². The average Bonchev–Trinajstić information content (AvgIpc) is 2.24. The monoisotopic (exact) mass is 252 g/mol. The summed E-state index contributed by atoms with van der Waals surface area (Å²) in [7, 11) is 0. The summed E-state index contributed by atoms with van der Waals surface area (Å²) in [5.41, 5.74) is 5.17. The van der Waals surface area contributed by atoms with Crippen LogP contribution >= 0.6 is 0 Å². The molecule has 1 atom stereocenters. The van der Waals surface area contributed by atoms with Crippen molar-refractivity contribution in [3.8, 4) is 0 Å². The Bertz CT molecular complexity index is 473. The number of rotatable bonds is 5. The van der Waals surface area contributed by atoms with Gasteiger partial charge >= 0.3 is 5.97 Å². The number of carbonyl (C=O) groups is 2. The minimum Gasteiger partial charge on any atom is -0.477 e. The lowest BCUT2D eigenvalue weighted by Gasteiger charge is -2.20. The summed E-state index contributed by atoms with van der Waals surface area (Å²) in [4.78, 5) is 30.1. The molecule has 0 saturated heterocycles. The standard InChI is InChI=1S/C11H16N4O3/c1-5(2)8(9(12)16)15-10-7(11(17)18)4-13-6(3)14-10/h4-5,8H,1-3H3,(H2,12,16)(H,17,18)(H,13,14,15). The second kappa shape index (κ2) is 5.44. The summed E-state index contributed by atoms with van der Waals surface area (Å²) >= 11 is 0. The Balaban J connectivity index is 3.12. The van der Waals surface area contributed by atoms with Crippen molar-refractivity contribution >= 4 is 17.7 Å². The lowest BCUT2D eigenvalue weighted by atomic mass is 10.0. The summed E-state index contributed by atoms with van der Waals surface area (Å²) in [5, 5.41) is 11.8. The number of carbonyl (C=O) groups excluding carboxylic acids is 1. The molecule has 0 fully saturated rings. The molecule has 0 radical (unpaired) electrons. The smallest absolute Gasteiger partial charge is 0.341 e. The Kier molecular flexibility index (Phi) is 4.19. The summed E-state index contributed by atoms with van der Waals surface area (Å²) in [6, 6.07) is -0.683. The predicted molar refractivity (Wildman–Crippen MR) is 65.2 cm³/mol. The van der Waals surface area contributed by atoms with Gasteiger partial charge in [-0.2, -0.15) is 0 Å². The number of nitrogens with two attached hydrogens (primary N) is 1. The fraction of sp³-hybridized carbons (Fsp3) is 0.455. The molecular weight excluding hydrogens is 236 g/mol. The maximum atomic E-state index is 11.3. The Morgan fingerprint density at radius 2 is 2.06 bits per heavy atom. The fourth-order valence-electron chi connectivity index (χ4n) is 1.45. The third kappa shape index (κ3) is 3.16. The molecule has 1 unspecified atom stereocenters. The van der Waals surface area contributed by atoms with Crippen molar-refractivity contribution in [3.63, 3.8) is 0 Å². The first-order valence-electron chi connectivity index (χ1n) is 5.45. The van der Waals surface area contributed by atoms with Crippen molar-refractivity contribution in [2.24, 2.45) is 11.7 Å². The van der Waals surface area contributed by atoms with E-state index in [1.807, 2.05) is 0 Å². The van der Waals surface area contributed by atoms with Gasteiger partial charge in [0, 0.05) is 6.20 Å². The first-order valence-corrected chi connectivity index (χ1v) is 5.45. The number of amides is 1. The highest BCUT2D eigenvalue weighted by Gasteiger charge is 2.22. The SMILES string of the molecule is Cc1ncc(C(=O)O)c(NC(C(N)=O)C(C)C)n1. The minimum atomic E-state index is -1.16. The lowest BCUT2D eigenvalue weighted by molar-refractivity contribution is -0.119. The van der Waals surface area contributed by atoms with Gasteiger partial charge in [-0.15, -0.1) is 0 Å². The molecule has 1 aromatic heterocycles. The molecule has 0 saturated carbocycles. The van der Waals surface area contributed by atoms with Gasteiger partial charge in [-0.3, -0.25) is 4.79 Å². The van der Waals surface area contributed by atoms with E-state index in [4.69, 9.17) is 10.8 Å². The molecule has 0 aromatic carbocycles. The van der Waals surface area contributed by atoms with Crippen LogP contribution in [0.5, 0.6) is 0 Å². The van der Waals surface area contributed by atoms with Crippen LogP contribution in [0.1, 0.15) is 30.0 Å². The number of hydrogen-bond acceptors (Lipinski definition) is 5. The highest BCUT2D eigenvalue weighted by Crippen LogP contribution is 2.15. The van der Waals surface area contributed by atoms with E-state index in [0.29, 0.717) is 5.82 Å². The number of aryl methyl sites for hydroxylation is 1. The third-order valence-electron chi connectivity index (χ3n) is 2.41. The molecule has 1 amide bonds. The van der Waals surface area contributed by atoms with Gasteiger partial charge in [0.05, 0.1) is 0 Å². The van der Waals surface area contributed by atoms with Crippen LogP contribution in [0, 0.1) is 12.8 Å². The molecule has 0 aliphatic heterocycles. The Hall–Kier alpha value is -2.18. The minimum absolute atomic E-state index is 0.0839. The highest BCUT2D eigenvalue weighted by molar-refractivity contribution is 5.94. The summed E-state index contributed by atoms with van der Waals surface area (Å²) in [6.45, 7) is 5.24. The first-order chi connectivity index (χ1) is 8.32. The number of nitrogens with one attached hydrogen (secondary N) is 1. The maximum absolute atomic E-state index is 11.3. The van der Waals surface area contributed by atoms with Crippen LogP contribution in [0.2, 0.25) is 0 Å². The van der Waals surface area contributed by atoms with Crippen molar-refractivity contribution in [1.82, 2.24) is 9.97 Å². The zero-order valence-corrected chi connectivity index (χ0v) is 10.5. The highest BCUT2D eigenvalue weighted by atomic mass is 16.4.